The normalized spacial score (nSPS) is 26.3. The van der Waals surface area contributed by atoms with E-state index in [9.17, 15) is 9.59 Å². The predicted octanol–water partition coefficient (Wildman–Crippen LogP) is 1.93. The zero-order chi connectivity index (χ0) is 12.3. The third kappa shape index (κ3) is 1.10. The van der Waals surface area contributed by atoms with E-state index in [4.69, 9.17) is 0 Å². The average molecular weight is 242 g/mol. The van der Waals surface area contributed by atoms with E-state index in [2.05, 4.69) is 0 Å². The number of amides is 3. The van der Waals surface area contributed by atoms with E-state index in [-0.39, 0.29) is 24.0 Å². The van der Waals surface area contributed by atoms with Crippen LogP contribution in [0.3, 0.4) is 0 Å². The molecule has 1 saturated heterocycles. The van der Waals surface area contributed by atoms with E-state index >= 15 is 0 Å². The Labute approximate surface area is 105 Å². The molecule has 0 aromatic heterocycles. The quantitative estimate of drug-likeness (QED) is 0.706. The molecule has 2 aliphatic heterocycles. The van der Waals surface area contributed by atoms with Crippen molar-refractivity contribution in [1.82, 2.24) is 4.90 Å². The standard InChI is InChI=1S/C14H14N2O2/c17-13-12-8-9-4-1-2-7-11(9)16(12)14(18)15(13)10-5-3-6-10/h1-2,4,7,10,12H,3,5-6,8H2. The minimum absolute atomic E-state index is 0.000833. The number of para-hydroxylation sites is 1. The summed E-state index contributed by atoms with van der Waals surface area (Å²) in [4.78, 5) is 28.0. The fraction of sp³-hybridized carbons (Fsp3) is 0.429. The van der Waals surface area contributed by atoms with Gasteiger partial charge in [-0.1, -0.05) is 18.2 Å². The van der Waals surface area contributed by atoms with Crippen molar-refractivity contribution in [3.05, 3.63) is 29.8 Å². The first-order chi connectivity index (χ1) is 8.77. The molecular weight excluding hydrogens is 228 g/mol. The van der Waals surface area contributed by atoms with E-state index in [0.29, 0.717) is 6.42 Å². The van der Waals surface area contributed by atoms with Gasteiger partial charge in [-0.05, 0) is 30.9 Å². The monoisotopic (exact) mass is 242 g/mol. The van der Waals surface area contributed by atoms with Crippen LogP contribution in [0, 0.1) is 0 Å². The summed E-state index contributed by atoms with van der Waals surface area (Å²) in [5, 5.41) is 0. The van der Waals surface area contributed by atoms with E-state index < -0.39 is 0 Å². The van der Waals surface area contributed by atoms with Crippen LogP contribution < -0.4 is 4.90 Å². The van der Waals surface area contributed by atoms with Gasteiger partial charge in [0.15, 0.2) is 0 Å². The van der Waals surface area contributed by atoms with Crippen molar-refractivity contribution in [2.24, 2.45) is 0 Å². The van der Waals surface area contributed by atoms with Gasteiger partial charge < -0.3 is 0 Å². The van der Waals surface area contributed by atoms with Gasteiger partial charge in [-0.15, -0.1) is 0 Å². The summed E-state index contributed by atoms with van der Waals surface area (Å²) in [7, 11) is 0. The van der Waals surface area contributed by atoms with Crippen LogP contribution in [0.5, 0.6) is 0 Å². The molecule has 92 valence electrons. The van der Waals surface area contributed by atoms with Gasteiger partial charge in [-0.25, -0.2) is 4.79 Å². The molecule has 4 nitrogen and oxygen atoms in total. The second-order valence-corrected chi connectivity index (χ2v) is 5.29. The molecule has 0 N–H and O–H groups in total. The van der Waals surface area contributed by atoms with Crippen molar-refractivity contribution in [1.29, 1.82) is 0 Å². The van der Waals surface area contributed by atoms with Crippen LogP contribution in [-0.2, 0) is 11.2 Å². The van der Waals surface area contributed by atoms with Gasteiger partial charge in [-0.2, -0.15) is 0 Å². The fourth-order valence-electron chi connectivity index (χ4n) is 3.17. The Bertz CT molecular complexity index is 550. The number of carbonyl (C=O) groups excluding carboxylic acids is 2. The molecule has 0 bridgehead atoms. The van der Waals surface area contributed by atoms with Crippen LogP contribution in [0.2, 0.25) is 0 Å². The molecule has 1 atom stereocenters. The van der Waals surface area contributed by atoms with Crippen molar-refractivity contribution in [2.45, 2.75) is 37.8 Å². The SMILES string of the molecule is O=C1C2Cc3ccccc3N2C(=O)N1C1CCC1. The van der Waals surface area contributed by atoms with Crippen molar-refractivity contribution < 1.29 is 9.59 Å². The summed E-state index contributed by atoms with van der Waals surface area (Å²) in [6, 6.07) is 7.58. The maximum atomic E-state index is 12.4. The number of carbonyl (C=O) groups is 2. The largest absolute Gasteiger partial charge is 0.332 e. The van der Waals surface area contributed by atoms with Crippen molar-refractivity contribution in [3.8, 4) is 0 Å². The second-order valence-electron chi connectivity index (χ2n) is 5.29. The maximum absolute atomic E-state index is 12.4. The molecule has 4 rings (SSSR count). The summed E-state index contributed by atoms with van der Waals surface area (Å²) in [5.41, 5.74) is 2.03. The van der Waals surface area contributed by atoms with Gasteiger partial charge in [0.05, 0.1) is 0 Å². The van der Waals surface area contributed by atoms with E-state index in [0.717, 1.165) is 30.5 Å². The van der Waals surface area contributed by atoms with E-state index in [1.54, 1.807) is 4.90 Å². The van der Waals surface area contributed by atoms with Crippen molar-refractivity contribution in [2.75, 3.05) is 4.90 Å². The minimum atomic E-state index is -0.282. The molecule has 1 unspecified atom stereocenters. The lowest BCUT2D eigenvalue weighted by Crippen LogP contribution is -2.45. The summed E-state index contributed by atoms with van der Waals surface area (Å²) >= 11 is 0. The van der Waals surface area contributed by atoms with Gasteiger partial charge >= 0.3 is 6.03 Å². The molecule has 0 spiro atoms. The summed E-state index contributed by atoms with van der Waals surface area (Å²) < 4.78 is 0. The van der Waals surface area contributed by atoms with Gasteiger partial charge in [0.2, 0.25) is 0 Å². The van der Waals surface area contributed by atoms with Crippen LogP contribution >= 0.6 is 0 Å². The van der Waals surface area contributed by atoms with Crippen LogP contribution in [0.1, 0.15) is 24.8 Å². The number of rotatable bonds is 1. The van der Waals surface area contributed by atoms with Crippen molar-refractivity contribution >= 4 is 17.6 Å². The smallest absolute Gasteiger partial charge is 0.281 e. The molecule has 1 aromatic carbocycles. The number of nitrogens with zero attached hydrogens (tertiary/aromatic N) is 2. The summed E-state index contributed by atoms with van der Waals surface area (Å²) in [5.74, 6) is 0.000833. The van der Waals surface area contributed by atoms with Crippen molar-refractivity contribution in [3.63, 3.8) is 0 Å². The van der Waals surface area contributed by atoms with Crippen LogP contribution in [0.25, 0.3) is 0 Å². The zero-order valence-electron chi connectivity index (χ0n) is 10.0. The summed E-state index contributed by atoms with van der Waals surface area (Å²) in [6.07, 6.45) is 3.74. The Kier molecular flexibility index (Phi) is 1.88. The molecule has 3 aliphatic rings. The third-order valence-electron chi connectivity index (χ3n) is 4.35. The topological polar surface area (TPSA) is 40.6 Å². The lowest BCUT2D eigenvalue weighted by atomic mass is 9.91. The zero-order valence-corrected chi connectivity index (χ0v) is 10.0. The summed E-state index contributed by atoms with van der Waals surface area (Å²) in [6.45, 7) is 0. The fourth-order valence-corrected chi connectivity index (χ4v) is 3.17. The Morgan fingerprint density at radius 1 is 1.06 bits per heavy atom. The van der Waals surface area contributed by atoms with Gasteiger partial charge in [0, 0.05) is 18.2 Å². The lowest BCUT2D eigenvalue weighted by molar-refractivity contribution is -0.129. The maximum Gasteiger partial charge on any atom is 0.332 e. The van der Waals surface area contributed by atoms with Gasteiger partial charge in [0.1, 0.15) is 6.04 Å². The predicted molar refractivity (Wildman–Crippen MR) is 66.3 cm³/mol. The molecule has 18 heavy (non-hydrogen) atoms. The highest BCUT2D eigenvalue weighted by Gasteiger charge is 2.52. The molecule has 4 heteroatoms. The van der Waals surface area contributed by atoms with Gasteiger partial charge in [0.25, 0.3) is 5.91 Å². The number of anilines is 1. The average Bonchev–Trinajstić information content (AvgIpc) is 2.79. The Morgan fingerprint density at radius 2 is 1.83 bits per heavy atom. The Hall–Kier alpha value is -1.84. The Morgan fingerprint density at radius 3 is 2.56 bits per heavy atom. The first-order valence-corrected chi connectivity index (χ1v) is 6.51. The highest BCUT2D eigenvalue weighted by molar-refractivity contribution is 6.16. The molecule has 2 heterocycles. The lowest BCUT2D eigenvalue weighted by Gasteiger charge is -2.33. The minimum Gasteiger partial charge on any atom is -0.281 e. The van der Waals surface area contributed by atoms with E-state index in [1.807, 2.05) is 24.3 Å². The van der Waals surface area contributed by atoms with E-state index in [1.165, 1.54) is 4.90 Å². The molecule has 0 radical (unpaired) electrons. The third-order valence-corrected chi connectivity index (χ3v) is 4.35. The second kappa shape index (κ2) is 3.34. The number of fused-ring (bicyclic) bond motifs is 3. The van der Waals surface area contributed by atoms with Crippen LogP contribution in [0.4, 0.5) is 10.5 Å². The highest BCUT2D eigenvalue weighted by atomic mass is 16.2. The number of imide groups is 1. The number of urea groups is 1. The number of hydrogen-bond donors (Lipinski definition) is 0. The molecular formula is C14H14N2O2. The van der Waals surface area contributed by atoms with Crippen LogP contribution in [0.15, 0.2) is 24.3 Å². The number of benzene rings is 1. The first-order valence-electron chi connectivity index (χ1n) is 6.51. The number of hydrogen-bond acceptors (Lipinski definition) is 2. The molecule has 3 amide bonds. The molecule has 1 aromatic rings. The first kappa shape index (κ1) is 10.1. The Balaban J connectivity index is 1.75. The van der Waals surface area contributed by atoms with Gasteiger partial charge in [-0.3, -0.25) is 14.6 Å². The molecule has 2 fully saturated rings. The molecule has 1 saturated carbocycles. The van der Waals surface area contributed by atoms with Crippen LogP contribution in [-0.4, -0.2) is 28.9 Å². The highest BCUT2D eigenvalue weighted by Crippen LogP contribution is 2.40. The molecule has 1 aliphatic carbocycles.